The Morgan fingerprint density at radius 1 is 0.262 bits per heavy atom. The highest BCUT2D eigenvalue weighted by molar-refractivity contribution is 6.13. The summed E-state index contributed by atoms with van der Waals surface area (Å²) in [6, 6.07) is 74.9. The number of nitrogens with zero attached hydrogens (tertiary/aromatic N) is 3. The molecule has 0 amide bonds. The van der Waals surface area contributed by atoms with Crippen molar-refractivity contribution in [2.45, 2.75) is 0 Å². The summed E-state index contributed by atoms with van der Waals surface area (Å²) >= 11 is 0. The van der Waals surface area contributed by atoms with E-state index in [1.165, 1.54) is 32.5 Å². The minimum atomic E-state index is 0.623. The van der Waals surface area contributed by atoms with Crippen LogP contribution < -0.4 is 0 Å². The first-order valence-electron chi connectivity index (χ1n) is 20.6. The summed E-state index contributed by atoms with van der Waals surface area (Å²) in [7, 11) is 0. The number of rotatable bonds is 6. The van der Waals surface area contributed by atoms with E-state index in [0.717, 1.165) is 71.8 Å². The molecule has 0 atom stereocenters. The second-order valence-electron chi connectivity index (χ2n) is 15.6. The van der Waals surface area contributed by atoms with Gasteiger partial charge in [0.2, 0.25) is 0 Å². The second-order valence-corrected chi connectivity index (χ2v) is 15.6. The third-order valence-electron chi connectivity index (χ3n) is 11.9. The van der Waals surface area contributed by atoms with Gasteiger partial charge in [-0.05, 0) is 114 Å². The molecule has 0 saturated carbocycles. The smallest absolute Gasteiger partial charge is 0.164 e. The fourth-order valence-corrected chi connectivity index (χ4v) is 8.74. The largest absolute Gasteiger partial charge is 0.456 e. The zero-order valence-electron chi connectivity index (χ0n) is 33.0. The second kappa shape index (κ2) is 14.3. The van der Waals surface area contributed by atoms with Crippen molar-refractivity contribution in [1.82, 2.24) is 15.0 Å². The highest BCUT2D eigenvalue weighted by Crippen LogP contribution is 2.38. The Hall–Kier alpha value is -8.21. The van der Waals surface area contributed by atoms with Crippen molar-refractivity contribution in [3.8, 4) is 67.5 Å². The quantitative estimate of drug-likeness (QED) is 0.169. The zero-order valence-corrected chi connectivity index (χ0v) is 33.0. The molecule has 0 aliphatic carbocycles. The lowest BCUT2D eigenvalue weighted by molar-refractivity contribution is 0.669. The maximum absolute atomic E-state index is 6.20. The van der Waals surface area contributed by atoms with Crippen molar-refractivity contribution in [1.29, 1.82) is 0 Å². The first-order valence-corrected chi connectivity index (χ1v) is 20.6. The first kappa shape index (κ1) is 34.8. The van der Waals surface area contributed by atoms with Crippen LogP contribution in [-0.4, -0.2) is 15.0 Å². The molecular weight excluding hydrogens is 743 g/mol. The maximum atomic E-state index is 6.20. The Balaban J connectivity index is 0.936. The average molecular weight is 778 g/mol. The van der Waals surface area contributed by atoms with Crippen LogP contribution in [0, 0.1) is 0 Å². The predicted molar refractivity (Wildman–Crippen MR) is 252 cm³/mol. The number of benzene rings is 10. The summed E-state index contributed by atoms with van der Waals surface area (Å²) in [5.41, 5.74) is 11.4. The summed E-state index contributed by atoms with van der Waals surface area (Å²) in [6.07, 6.45) is 0. The van der Waals surface area contributed by atoms with Crippen molar-refractivity contribution in [2.24, 2.45) is 0 Å². The summed E-state index contributed by atoms with van der Waals surface area (Å²) in [6.45, 7) is 0. The van der Waals surface area contributed by atoms with Gasteiger partial charge in [0.25, 0.3) is 0 Å². The van der Waals surface area contributed by atoms with Gasteiger partial charge in [0.05, 0.1) is 0 Å². The van der Waals surface area contributed by atoms with Gasteiger partial charge in [-0.25, -0.2) is 15.0 Å². The van der Waals surface area contributed by atoms with Gasteiger partial charge >= 0.3 is 0 Å². The van der Waals surface area contributed by atoms with Gasteiger partial charge in [-0.15, -0.1) is 0 Å². The molecule has 0 aliphatic heterocycles. The number of para-hydroxylation sites is 1. The zero-order chi connectivity index (χ0) is 40.3. The molecule has 12 aromatic rings. The van der Waals surface area contributed by atoms with Crippen LogP contribution >= 0.6 is 0 Å². The van der Waals surface area contributed by atoms with E-state index in [2.05, 4.69) is 194 Å². The number of aromatic nitrogens is 3. The van der Waals surface area contributed by atoms with Crippen LogP contribution in [0.2, 0.25) is 0 Å². The van der Waals surface area contributed by atoms with Crippen LogP contribution in [0.5, 0.6) is 0 Å². The minimum Gasteiger partial charge on any atom is -0.456 e. The molecule has 0 saturated heterocycles. The van der Waals surface area contributed by atoms with Crippen molar-refractivity contribution in [2.75, 3.05) is 0 Å². The standard InChI is InChI=1S/C57H35N3O/c1-3-12-38-30-42(24-22-36(38)10-1)40-14-7-16-47(34-40)55-58-56(60-57(59-55)49-29-23-37-11-2-4-13-39(37)33-49)48-17-8-15-41(35-48)43-25-26-45-32-46(28-27-44(45)31-43)50-19-9-21-53-54(50)51-18-5-6-20-52(51)61-53/h1-35H. The van der Waals surface area contributed by atoms with E-state index in [0.29, 0.717) is 17.5 Å². The Bertz CT molecular complexity index is 3680. The molecule has 0 fully saturated rings. The van der Waals surface area contributed by atoms with E-state index < -0.39 is 0 Å². The lowest BCUT2D eigenvalue weighted by atomic mass is 9.95. The molecule has 4 nitrogen and oxygen atoms in total. The van der Waals surface area contributed by atoms with Gasteiger partial charge in [-0.2, -0.15) is 0 Å². The lowest BCUT2D eigenvalue weighted by Gasteiger charge is -2.12. The van der Waals surface area contributed by atoms with Crippen LogP contribution in [0.15, 0.2) is 217 Å². The molecule has 2 heterocycles. The third-order valence-corrected chi connectivity index (χ3v) is 11.9. The number of furan rings is 1. The molecule has 2 aromatic heterocycles. The van der Waals surface area contributed by atoms with Crippen molar-refractivity contribution < 1.29 is 4.42 Å². The van der Waals surface area contributed by atoms with Crippen molar-refractivity contribution >= 4 is 54.3 Å². The molecule has 284 valence electrons. The van der Waals surface area contributed by atoms with Crippen LogP contribution in [0.4, 0.5) is 0 Å². The van der Waals surface area contributed by atoms with E-state index in [1.807, 2.05) is 18.2 Å². The molecule has 0 unspecified atom stereocenters. The predicted octanol–water partition coefficient (Wildman–Crippen LogP) is 15.2. The molecule has 0 bridgehead atoms. The number of fused-ring (bicyclic) bond motifs is 6. The molecule has 0 spiro atoms. The average Bonchev–Trinajstić information content (AvgIpc) is 3.72. The lowest BCUT2D eigenvalue weighted by Crippen LogP contribution is -2.00. The Morgan fingerprint density at radius 2 is 0.656 bits per heavy atom. The highest BCUT2D eigenvalue weighted by Gasteiger charge is 2.16. The van der Waals surface area contributed by atoms with Crippen LogP contribution in [0.25, 0.3) is 122 Å². The molecule has 61 heavy (non-hydrogen) atoms. The monoisotopic (exact) mass is 777 g/mol. The first-order chi connectivity index (χ1) is 30.2. The van der Waals surface area contributed by atoms with E-state index >= 15 is 0 Å². The van der Waals surface area contributed by atoms with Crippen molar-refractivity contribution in [3.63, 3.8) is 0 Å². The van der Waals surface area contributed by atoms with Gasteiger partial charge in [0, 0.05) is 27.5 Å². The molecule has 10 aromatic carbocycles. The molecular formula is C57H35N3O. The summed E-state index contributed by atoms with van der Waals surface area (Å²) in [5.74, 6) is 1.88. The normalized spacial score (nSPS) is 11.6. The van der Waals surface area contributed by atoms with Crippen LogP contribution in [-0.2, 0) is 0 Å². The summed E-state index contributed by atoms with van der Waals surface area (Å²) < 4.78 is 6.20. The fourth-order valence-electron chi connectivity index (χ4n) is 8.74. The minimum absolute atomic E-state index is 0.623. The Kier molecular flexibility index (Phi) is 8.13. The van der Waals surface area contributed by atoms with Crippen molar-refractivity contribution in [3.05, 3.63) is 212 Å². The molecule has 0 aliphatic rings. The number of hydrogen-bond acceptors (Lipinski definition) is 4. The van der Waals surface area contributed by atoms with Gasteiger partial charge in [-0.1, -0.05) is 164 Å². The Morgan fingerprint density at radius 3 is 1.28 bits per heavy atom. The van der Waals surface area contributed by atoms with E-state index in [1.54, 1.807) is 0 Å². The molecule has 4 heteroatoms. The van der Waals surface area contributed by atoms with Gasteiger partial charge in [0.15, 0.2) is 17.5 Å². The molecule has 0 N–H and O–H groups in total. The van der Waals surface area contributed by atoms with Crippen LogP contribution in [0.1, 0.15) is 0 Å². The fraction of sp³-hybridized carbons (Fsp3) is 0. The Labute approximate surface area is 352 Å². The van der Waals surface area contributed by atoms with E-state index in [4.69, 9.17) is 19.4 Å². The third kappa shape index (κ3) is 6.30. The van der Waals surface area contributed by atoms with Gasteiger partial charge in [0.1, 0.15) is 11.2 Å². The number of hydrogen-bond donors (Lipinski definition) is 0. The van der Waals surface area contributed by atoms with Gasteiger partial charge < -0.3 is 4.42 Å². The highest BCUT2D eigenvalue weighted by atomic mass is 16.3. The SMILES string of the molecule is c1cc(-c2ccc3ccccc3c2)cc(-c2nc(-c3cccc(-c4ccc5cc(-c6cccc7oc8ccccc8c67)ccc5c4)c3)nc(-c3ccc4ccccc4c3)n2)c1. The van der Waals surface area contributed by atoms with Gasteiger partial charge in [-0.3, -0.25) is 0 Å². The van der Waals surface area contributed by atoms with Crippen LogP contribution in [0.3, 0.4) is 0 Å². The molecule has 0 radical (unpaired) electrons. The topological polar surface area (TPSA) is 51.8 Å². The summed E-state index contributed by atoms with van der Waals surface area (Å²) in [5, 5.41) is 9.36. The summed E-state index contributed by atoms with van der Waals surface area (Å²) in [4.78, 5) is 15.5. The van der Waals surface area contributed by atoms with E-state index in [9.17, 15) is 0 Å². The molecule has 12 rings (SSSR count). The van der Waals surface area contributed by atoms with E-state index in [-0.39, 0.29) is 0 Å². The maximum Gasteiger partial charge on any atom is 0.164 e.